The van der Waals surface area contributed by atoms with E-state index < -0.39 is 0 Å². The molecule has 0 saturated carbocycles. The second kappa shape index (κ2) is 8.06. The number of hydrogen-bond donors (Lipinski definition) is 0. The van der Waals surface area contributed by atoms with Gasteiger partial charge in [0.05, 0.1) is 13.2 Å². The Morgan fingerprint density at radius 1 is 1.36 bits per heavy atom. The smallest absolute Gasteiger partial charge is 0.259 e. The molecular formula is C17H22N4O4. The molecule has 25 heavy (non-hydrogen) atoms. The van der Waals surface area contributed by atoms with Crippen LogP contribution in [0.15, 0.2) is 22.9 Å². The lowest BCUT2D eigenvalue weighted by Gasteiger charge is -2.28. The average molecular weight is 346 g/mol. The molecule has 1 saturated heterocycles. The predicted octanol–water partition coefficient (Wildman–Crippen LogP) is 2.38. The summed E-state index contributed by atoms with van der Waals surface area (Å²) in [6.07, 6.45) is 5.40. The number of carbonyl (C=O) groups excluding carboxylic acids is 1. The molecular weight excluding hydrogens is 324 g/mol. The van der Waals surface area contributed by atoms with Gasteiger partial charge in [0, 0.05) is 19.9 Å². The van der Waals surface area contributed by atoms with Crippen LogP contribution in [0.1, 0.15) is 53.8 Å². The molecule has 2 aromatic heterocycles. The van der Waals surface area contributed by atoms with Crippen LogP contribution in [-0.4, -0.2) is 46.7 Å². The molecule has 1 aliphatic heterocycles. The minimum absolute atomic E-state index is 0.130. The van der Waals surface area contributed by atoms with E-state index >= 15 is 0 Å². The number of hydrogen-bond acceptors (Lipinski definition) is 7. The summed E-state index contributed by atoms with van der Waals surface area (Å²) in [4.78, 5) is 23.5. The molecule has 1 fully saturated rings. The van der Waals surface area contributed by atoms with Crippen molar-refractivity contribution in [2.75, 3.05) is 20.8 Å². The fraction of sp³-hybridized carbons (Fsp3) is 0.529. The van der Waals surface area contributed by atoms with Gasteiger partial charge in [0.1, 0.15) is 12.2 Å². The minimum Gasteiger partial charge on any atom is -0.480 e. The number of rotatable bonds is 5. The van der Waals surface area contributed by atoms with Crippen molar-refractivity contribution in [2.24, 2.45) is 0 Å². The molecule has 2 aromatic rings. The topological polar surface area (TPSA) is 90.6 Å². The first-order valence-electron chi connectivity index (χ1n) is 8.36. The van der Waals surface area contributed by atoms with Crippen molar-refractivity contribution in [3.05, 3.63) is 35.6 Å². The zero-order valence-corrected chi connectivity index (χ0v) is 14.5. The normalized spacial score (nSPS) is 18.0. The van der Waals surface area contributed by atoms with E-state index in [4.69, 9.17) is 14.0 Å². The van der Waals surface area contributed by atoms with E-state index in [1.54, 1.807) is 30.3 Å². The Balaban J connectivity index is 1.90. The van der Waals surface area contributed by atoms with E-state index in [-0.39, 0.29) is 18.6 Å². The van der Waals surface area contributed by atoms with Gasteiger partial charge in [-0.25, -0.2) is 4.98 Å². The molecule has 0 aliphatic carbocycles. The van der Waals surface area contributed by atoms with Crippen molar-refractivity contribution in [2.45, 2.75) is 38.3 Å². The van der Waals surface area contributed by atoms with E-state index in [1.807, 2.05) is 0 Å². The fourth-order valence-corrected chi connectivity index (χ4v) is 3.08. The number of ether oxygens (including phenoxy) is 2. The maximum atomic E-state index is 13.1. The third-order valence-corrected chi connectivity index (χ3v) is 4.26. The zero-order chi connectivity index (χ0) is 17.6. The van der Waals surface area contributed by atoms with Crippen molar-refractivity contribution in [3.63, 3.8) is 0 Å². The molecule has 1 amide bonds. The monoisotopic (exact) mass is 346 g/mol. The number of nitrogens with zero attached hydrogens (tertiary/aromatic N) is 4. The molecule has 0 N–H and O–H groups in total. The Morgan fingerprint density at radius 2 is 2.24 bits per heavy atom. The first kappa shape index (κ1) is 17.3. The molecule has 0 bridgehead atoms. The Kier molecular flexibility index (Phi) is 5.60. The Bertz CT molecular complexity index is 718. The number of methoxy groups -OCH3 is 2. The third-order valence-electron chi connectivity index (χ3n) is 4.26. The number of amides is 1. The van der Waals surface area contributed by atoms with Gasteiger partial charge in [-0.15, -0.1) is 0 Å². The third kappa shape index (κ3) is 3.79. The average Bonchev–Trinajstić information content (AvgIpc) is 2.96. The van der Waals surface area contributed by atoms with E-state index in [0.29, 0.717) is 29.7 Å². The summed E-state index contributed by atoms with van der Waals surface area (Å²) in [7, 11) is 3.08. The van der Waals surface area contributed by atoms with Crippen molar-refractivity contribution in [3.8, 4) is 5.88 Å². The van der Waals surface area contributed by atoms with Crippen molar-refractivity contribution >= 4 is 5.91 Å². The van der Waals surface area contributed by atoms with Crippen LogP contribution in [0.2, 0.25) is 0 Å². The number of carbonyl (C=O) groups is 1. The lowest BCUT2D eigenvalue weighted by molar-refractivity contribution is 0.0666. The second-order valence-electron chi connectivity index (χ2n) is 5.90. The first-order valence-corrected chi connectivity index (χ1v) is 8.36. The van der Waals surface area contributed by atoms with Crippen molar-refractivity contribution < 1.29 is 18.8 Å². The van der Waals surface area contributed by atoms with Crippen LogP contribution < -0.4 is 4.74 Å². The molecule has 0 radical (unpaired) electrons. The minimum atomic E-state index is -0.228. The Hall–Kier alpha value is -2.48. The summed E-state index contributed by atoms with van der Waals surface area (Å²) < 4.78 is 15.5. The number of aromatic nitrogens is 3. The van der Waals surface area contributed by atoms with Crippen LogP contribution in [0, 0.1) is 0 Å². The molecule has 3 rings (SSSR count). The molecule has 1 aliphatic rings. The van der Waals surface area contributed by atoms with Crippen LogP contribution in [0.3, 0.4) is 0 Å². The van der Waals surface area contributed by atoms with E-state index in [1.165, 1.54) is 7.11 Å². The molecule has 0 spiro atoms. The van der Waals surface area contributed by atoms with Gasteiger partial charge in [0.25, 0.3) is 11.8 Å². The molecule has 3 heterocycles. The van der Waals surface area contributed by atoms with Crippen LogP contribution in [0.5, 0.6) is 5.88 Å². The summed E-state index contributed by atoms with van der Waals surface area (Å²) in [6.45, 7) is 0.889. The van der Waals surface area contributed by atoms with Gasteiger partial charge in [0.15, 0.2) is 5.82 Å². The van der Waals surface area contributed by atoms with Gasteiger partial charge in [-0.1, -0.05) is 18.0 Å². The van der Waals surface area contributed by atoms with Crippen LogP contribution in [0.4, 0.5) is 0 Å². The van der Waals surface area contributed by atoms with E-state index in [0.717, 1.165) is 25.7 Å². The summed E-state index contributed by atoms with van der Waals surface area (Å²) >= 11 is 0. The predicted molar refractivity (Wildman–Crippen MR) is 88.0 cm³/mol. The van der Waals surface area contributed by atoms with Gasteiger partial charge >= 0.3 is 0 Å². The molecule has 1 atom stereocenters. The summed E-state index contributed by atoms with van der Waals surface area (Å²) in [5.41, 5.74) is 0.442. The summed E-state index contributed by atoms with van der Waals surface area (Å²) in [5, 5.41) is 4.06. The van der Waals surface area contributed by atoms with Gasteiger partial charge in [-0.3, -0.25) is 4.79 Å². The highest BCUT2D eigenvalue weighted by Crippen LogP contribution is 2.31. The first-order chi connectivity index (χ1) is 12.2. The molecule has 134 valence electrons. The van der Waals surface area contributed by atoms with Gasteiger partial charge in [-0.05, 0) is 25.0 Å². The molecule has 0 aromatic carbocycles. The van der Waals surface area contributed by atoms with Gasteiger partial charge < -0.3 is 18.9 Å². The highest BCUT2D eigenvalue weighted by atomic mass is 16.5. The zero-order valence-electron chi connectivity index (χ0n) is 14.5. The Labute approximate surface area is 146 Å². The maximum Gasteiger partial charge on any atom is 0.259 e. The number of likely N-dealkylation sites (tertiary alicyclic amines) is 1. The highest BCUT2D eigenvalue weighted by Gasteiger charge is 2.32. The van der Waals surface area contributed by atoms with E-state index in [9.17, 15) is 4.79 Å². The fourth-order valence-electron chi connectivity index (χ4n) is 3.08. The Morgan fingerprint density at radius 3 is 3.04 bits per heavy atom. The standard InChI is InChI=1S/C17H22N4O4/c1-23-11-14-19-15(20-25-14)13-8-4-3-5-10-21(13)17(22)12-7-6-9-18-16(12)24-2/h6-7,9,13H,3-5,8,10-11H2,1-2H3. The summed E-state index contributed by atoms with van der Waals surface area (Å²) in [5.74, 6) is 1.12. The van der Waals surface area contributed by atoms with Crippen molar-refractivity contribution in [1.29, 1.82) is 0 Å². The lowest BCUT2D eigenvalue weighted by Crippen LogP contribution is -2.35. The number of pyridine rings is 1. The SMILES string of the molecule is COCc1nc(C2CCCCCN2C(=O)c2cccnc2OC)no1. The van der Waals surface area contributed by atoms with Gasteiger partial charge in [0.2, 0.25) is 5.88 Å². The van der Waals surface area contributed by atoms with Crippen LogP contribution >= 0.6 is 0 Å². The molecule has 8 heteroatoms. The second-order valence-corrected chi connectivity index (χ2v) is 5.90. The molecule has 8 nitrogen and oxygen atoms in total. The highest BCUT2D eigenvalue weighted by molar-refractivity contribution is 5.96. The van der Waals surface area contributed by atoms with Crippen molar-refractivity contribution in [1.82, 2.24) is 20.0 Å². The van der Waals surface area contributed by atoms with E-state index in [2.05, 4.69) is 15.1 Å². The lowest BCUT2D eigenvalue weighted by atomic mass is 10.1. The quantitative estimate of drug-likeness (QED) is 0.821. The molecule has 1 unspecified atom stereocenters. The van der Waals surface area contributed by atoms with Crippen LogP contribution in [0.25, 0.3) is 0 Å². The van der Waals surface area contributed by atoms with Gasteiger partial charge in [-0.2, -0.15) is 4.98 Å². The maximum absolute atomic E-state index is 13.1. The largest absolute Gasteiger partial charge is 0.480 e. The summed E-state index contributed by atoms with van der Waals surface area (Å²) in [6, 6.07) is 3.23. The van der Waals surface area contributed by atoms with Crippen LogP contribution in [-0.2, 0) is 11.3 Å².